The molecule has 0 saturated heterocycles. The van der Waals surface area contributed by atoms with Crippen LogP contribution in [0.15, 0.2) is 0 Å². The molecule has 0 aliphatic heterocycles. The molecule has 0 amide bonds. The van der Waals surface area contributed by atoms with E-state index >= 15 is 0 Å². The van der Waals surface area contributed by atoms with Crippen LogP contribution < -0.4 is 18.9 Å². The van der Waals surface area contributed by atoms with Crippen LogP contribution in [0.25, 0.3) is 0 Å². The third-order valence-corrected chi connectivity index (χ3v) is 0.118. The van der Waals surface area contributed by atoms with E-state index in [2.05, 4.69) is 11.3 Å². The van der Waals surface area contributed by atoms with Crippen LogP contribution in [0.5, 0.6) is 0 Å². The van der Waals surface area contributed by atoms with E-state index in [-0.39, 0.29) is 18.9 Å². The molecule has 0 aliphatic rings. The Morgan fingerprint density at radius 3 is 2.00 bits per heavy atom. The van der Waals surface area contributed by atoms with Gasteiger partial charge in [-0.2, -0.15) is 0 Å². The van der Waals surface area contributed by atoms with Gasteiger partial charge in [0, 0.05) is 7.11 Å². The molecule has 0 saturated carbocycles. The Labute approximate surface area is 44.2 Å². The summed E-state index contributed by atoms with van der Waals surface area (Å²) >= 11 is 0. The van der Waals surface area contributed by atoms with Gasteiger partial charge in [-0.15, -0.1) is 0 Å². The zero-order valence-electron chi connectivity index (χ0n) is 3.49. The Morgan fingerprint density at radius 2 is 2.00 bits per heavy atom. The molecular weight excluding hydrogens is 59.0 g/mol. The van der Waals surface area contributed by atoms with Crippen LogP contribution in [-0.2, 0) is 4.74 Å². The molecule has 0 unspecified atom stereocenters. The molecule has 2 heteroatoms. The number of methoxy groups -OCH3 is 1. The fraction of sp³-hybridized carbons (Fsp3) is 0.333. The van der Waals surface area contributed by atoms with Gasteiger partial charge in [-0.25, -0.2) is 6.58 Å². The van der Waals surface area contributed by atoms with Gasteiger partial charge < -0.3 is 11.0 Å². The maximum atomic E-state index is 4.56. The van der Waals surface area contributed by atoms with Crippen LogP contribution in [-0.4, -0.2) is 7.11 Å². The monoisotopic (exact) mass is 63.0 g/mol. The molecule has 0 aromatic carbocycles. The zero-order chi connectivity index (χ0) is 3.41. The van der Waals surface area contributed by atoms with E-state index in [4.69, 9.17) is 0 Å². The van der Waals surface area contributed by atoms with Crippen molar-refractivity contribution in [1.29, 1.82) is 0 Å². The van der Waals surface area contributed by atoms with Crippen molar-refractivity contribution in [2.45, 2.75) is 0 Å². The average Bonchev–Trinajstić information content (AvgIpc) is 1.37. The van der Waals surface area contributed by atoms with Crippen molar-refractivity contribution in [2.24, 2.45) is 0 Å². The fourth-order valence-electron chi connectivity index (χ4n) is 0. The molecule has 1 radical (unpaired) electrons. The molecule has 0 spiro atoms. The Kier molecular flexibility index (Phi) is 15.9. The van der Waals surface area contributed by atoms with Gasteiger partial charge in [0.15, 0.2) is 0 Å². The third-order valence-electron chi connectivity index (χ3n) is 0.118. The first-order chi connectivity index (χ1) is 1.91. The number of hydrogen-bond donors (Lipinski definition) is 0. The maximum Gasteiger partial charge on any atom is 1.00 e. The normalized spacial score (nSPS) is 4.20. The van der Waals surface area contributed by atoms with E-state index in [0.29, 0.717) is 0 Å². The van der Waals surface area contributed by atoms with Gasteiger partial charge in [-0.3, -0.25) is 0 Å². The molecule has 0 bridgehead atoms. The van der Waals surface area contributed by atoms with E-state index < -0.39 is 0 Å². The summed E-state index contributed by atoms with van der Waals surface area (Å²) in [5, 5.41) is 0. The van der Waals surface area contributed by atoms with E-state index in [1.165, 1.54) is 7.11 Å². The second kappa shape index (κ2) is 8.91. The molecule has 0 aromatic rings. The summed E-state index contributed by atoms with van der Waals surface area (Å²) in [6, 6.07) is 0. The summed E-state index contributed by atoms with van der Waals surface area (Å²) < 4.78 is 4.07. The van der Waals surface area contributed by atoms with Gasteiger partial charge in [0.05, 0.1) is 0 Å². The number of rotatable bonds is 1. The summed E-state index contributed by atoms with van der Waals surface area (Å²) in [6.45, 7) is 4.56. The zero-order valence-corrected chi connectivity index (χ0v) is 3.49. The van der Waals surface area contributed by atoms with Crippen LogP contribution in [0.2, 0.25) is 0 Å². The van der Waals surface area contributed by atoms with Gasteiger partial charge in [0.1, 0.15) is 0 Å². The molecule has 0 heterocycles. The average molecular weight is 63.0 g/mol. The van der Waals surface area contributed by atoms with Crippen LogP contribution >= 0.6 is 0 Å². The predicted molar refractivity (Wildman–Crippen MR) is 14.6 cm³/mol. The van der Waals surface area contributed by atoms with Crippen molar-refractivity contribution < 1.29 is 23.6 Å². The van der Waals surface area contributed by atoms with E-state index in [9.17, 15) is 0 Å². The first-order valence-corrected chi connectivity index (χ1v) is 0.901. The Balaban J connectivity index is 0. The summed E-state index contributed by atoms with van der Waals surface area (Å²) in [7, 11) is 1.44. The van der Waals surface area contributed by atoms with Crippen molar-refractivity contribution >= 4 is 0 Å². The predicted octanol–water partition coefficient (Wildman–Crippen LogP) is -2.61. The van der Waals surface area contributed by atoms with E-state index in [0.717, 1.165) is 0 Å². The van der Waals surface area contributed by atoms with Crippen molar-refractivity contribution in [2.75, 3.05) is 7.11 Å². The molecule has 0 atom stereocenters. The number of ether oxygens (including phenoxy) is 1. The first kappa shape index (κ1) is 8.93. The van der Waals surface area contributed by atoms with Gasteiger partial charge >= 0.3 is 18.9 Å². The van der Waals surface area contributed by atoms with Crippen molar-refractivity contribution in [3.8, 4) is 0 Å². The molecule has 0 rings (SSSR count). The van der Waals surface area contributed by atoms with Crippen LogP contribution in [0.1, 0.15) is 0 Å². The van der Waals surface area contributed by atoms with Crippen LogP contribution in [0.4, 0.5) is 0 Å². The summed E-state index contributed by atoms with van der Waals surface area (Å²) in [6.07, 6.45) is 1.93. The molecule has 1 nitrogen and oxygen atoms in total. The van der Waals surface area contributed by atoms with Crippen molar-refractivity contribution in [3.05, 3.63) is 12.8 Å². The summed E-state index contributed by atoms with van der Waals surface area (Å²) in [5.41, 5.74) is 0. The topological polar surface area (TPSA) is 9.23 Å². The number of hydrogen-bond acceptors (Lipinski definition) is 1. The van der Waals surface area contributed by atoms with Crippen molar-refractivity contribution in [3.63, 3.8) is 0 Å². The molecule has 5 heavy (non-hydrogen) atoms. The molecule has 0 N–H and O–H groups in total. The molecule has 0 fully saturated rings. The van der Waals surface area contributed by atoms with Gasteiger partial charge in [0.2, 0.25) is 0 Å². The minimum Gasteiger partial charge on any atom is -0.695 e. The van der Waals surface area contributed by atoms with Gasteiger partial charge in [0.25, 0.3) is 0 Å². The summed E-state index contributed by atoms with van der Waals surface area (Å²) in [4.78, 5) is 0. The SMILES string of the molecule is [CH]=[C-]OC.[Li+]. The fourth-order valence-corrected chi connectivity index (χ4v) is 0. The largest absolute Gasteiger partial charge is 1.00 e. The molecule has 23 valence electrons. The van der Waals surface area contributed by atoms with Crippen LogP contribution in [0, 0.1) is 12.8 Å². The minimum absolute atomic E-state index is 0. The second-order valence-corrected chi connectivity index (χ2v) is 0.322. The molecular formula is C3H4LiO. The van der Waals surface area contributed by atoms with E-state index in [1.807, 2.05) is 6.26 Å². The minimum atomic E-state index is 0. The second-order valence-electron chi connectivity index (χ2n) is 0.322. The standard InChI is InChI=1S/C3H4O.Li/c1-3-4-2;/h1H,2H3;/q-1;+1. The smallest absolute Gasteiger partial charge is 0.695 e. The third kappa shape index (κ3) is 14.6. The van der Waals surface area contributed by atoms with Crippen molar-refractivity contribution in [1.82, 2.24) is 0 Å². The van der Waals surface area contributed by atoms with E-state index in [1.54, 1.807) is 0 Å². The summed E-state index contributed by atoms with van der Waals surface area (Å²) in [5.74, 6) is 0. The van der Waals surface area contributed by atoms with Gasteiger partial charge in [-0.1, -0.05) is 0 Å². The Morgan fingerprint density at radius 1 is 1.80 bits per heavy atom. The van der Waals surface area contributed by atoms with Crippen LogP contribution in [0.3, 0.4) is 0 Å². The maximum absolute atomic E-state index is 4.56. The Bertz CT molecular complexity index is 20.9. The molecule has 0 aromatic heterocycles. The Hall–Kier alpha value is 0.137. The quantitative estimate of drug-likeness (QED) is 0.184. The first-order valence-electron chi connectivity index (χ1n) is 0.901. The van der Waals surface area contributed by atoms with Gasteiger partial charge in [-0.05, 0) is 0 Å². The molecule has 0 aliphatic carbocycles.